The van der Waals surface area contributed by atoms with E-state index in [2.05, 4.69) is 15.9 Å². The number of hydrogen-bond acceptors (Lipinski definition) is 4. The van der Waals surface area contributed by atoms with Crippen LogP contribution in [0.4, 0.5) is 0 Å². The number of ether oxygens (including phenoxy) is 1. The Morgan fingerprint density at radius 2 is 2.04 bits per heavy atom. The molecule has 0 saturated heterocycles. The maximum Gasteiger partial charge on any atom is 0.337 e. The molecule has 0 bridgehead atoms. The number of aryl methyl sites for hydroxylation is 1. The summed E-state index contributed by atoms with van der Waals surface area (Å²) in [5.41, 5.74) is 2.54. The van der Waals surface area contributed by atoms with Crippen LogP contribution in [-0.4, -0.2) is 7.11 Å². The lowest BCUT2D eigenvalue weighted by Crippen LogP contribution is -1.98. The summed E-state index contributed by atoms with van der Waals surface area (Å²) in [5.74, 6) is 1.53. The van der Waals surface area contributed by atoms with Gasteiger partial charge in [-0.2, -0.15) is 0 Å². The van der Waals surface area contributed by atoms with E-state index in [9.17, 15) is 4.79 Å². The van der Waals surface area contributed by atoms with E-state index in [1.165, 1.54) is 0 Å². The maximum absolute atomic E-state index is 11.8. The van der Waals surface area contributed by atoms with Crippen LogP contribution < -0.4 is 10.4 Å². The molecule has 0 unspecified atom stereocenters. The van der Waals surface area contributed by atoms with E-state index >= 15 is 0 Å². The van der Waals surface area contributed by atoms with Gasteiger partial charge in [-0.15, -0.1) is 11.8 Å². The van der Waals surface area contributed by atoms with E-state index in [0.29, 0.717) is 5.58 Å². The molecule has 0 N–H and O–H groups in total. The van der Waals surface area contributed by atoms with E-state index in [1.807, 2.05) is 43.3 Å². The zero-order chi connectivity index (χ0) is 16.4. The topological polar surface area (TPSA) is 39.4 Å². The lowest BCUT2D eigenvalue weighted by atomic mass is 10.2. The van der Waals surface area contributed by atoms with E-state index < -0.39 is 0 Å². The summed E-state index contributed by atoms with van der Waals surface area (Å²) < 4.78 is 11.5. The SMILES string of the molecule is COc1cccc(CSc2cc(=O)oc3ccc(C)cc23)c1Br. The fraction of sp³-hybridized carbons (Fsp3) is 0.167. The van der Waals surface area contributed by atoms with Crippen LogP contribution in [0.5, 0.6) is 5.75 Å². The summed E-state index contributed by atoms with van der Waals surface area (Å²) in [6.07, 6.45) is 0. The second-order valence-corrected chi connectivity index (χ2v) is 6.96. The van der Waals surface area contributed by atoms with Crippen LogP contribution in [0.1, 0.15) is 11.1 Å². The zero-order valence-corrected chi connectivity index (χ0v) is 15.2. The Labute approximate surface area is 146 Å². The van der Waals surface area contributed by atoms with Crippen LogP contribution in [0.2, 0.25) is 0 Å². The molecule has 0 spiro atoms. The maximum atomic E-state index is 11.8. The lowest BCUT2D eigenvalue weighted by Gasteiger charge is -2.10. The molecule has 0 fully saturated rings. The first-order valence-electron chi connectivity index (χ1n) is 7.07. The molecule has 0 aliphatic carbocycles. The van der Waals surface area contributed by atoms with Gasteiger partial charge in [0.1, 0.15) is 11.3 Å². The molecule has 1 aromatic heterocycles. The van der Waals surface area contributed by atoms with E-state index in [-0.39, 0.29) is 5.63 Å². The molecule has 0 radical (unpaired) electrons. The second-order valence-electron chi connectivity index (χ2n) is 5.15. The van der Waals surface area contributed by atoms with Crippen LogP contribution in [0.15, 0.2) is 61.0 Å². The van der Waals surface area contributed by atoms with Gasteiger partial charge in [-0.1, -0.05) is 23.8 Å². The first-order valence-corrected chi connectivity index (χ1v) is 8.85. The van der Waals surface area contributed by atoms with E-state index in [1.54, 1.807) is 24.9 Å². The van der Waals surface area contributed by atoms with Gasteiger partial charge in [0.25, 0.3) is 0 Å². The quantitative estimate of drug-likeness (QED) is 0.455. The van der Waals surface area contributed by atoms with Crippen LogP contribution in [-0.2, 0) is 5.75 Å². The third-order valence-corrected chi connectivity index (χ3v) is 5.51. The van der Waals surface area contributed by atoms with Crippen LogP contribution in [0.3, 0.4) is 0 Å². The molecule has 0 aliphatic rings. The van der Waals surface area contributed by atoms with E-state index in [0.717, 1.165) is 37.4 Å². The van der Waals surface area contributed by atoms with Gasteiger partial charge in [0.2, 0.25) is 0 Å². The van der Waals surface area contributed by atoms with Crippen molar-refractivity contribution in [2.75, 3.05) is 7.11 Å². The largest absolute Gasteiger partial charge is 0.496 e. The van der Waals surface area contributed by atoms with Crippen LogP contribution >= 0.6 is 27.7 Å². The Kier molecular flexibility index (Phi) is 4.78. The summed E-state index contributed by atoms with van der Waals surface area (Å²) in [5, 5.41) is 0.966. The molecule has 3 rings (SSSR count). The van der Waals surface area contributed by atoms with Crippen molar-refractivity contribution in [2.45, 2.75) is 17.6 Å². The van der Waals surface area contributed by atoms with E-state index in [4.69, 9.17) is 9.15 Å². The molecule has 23 heavy (non-hydrogen) atoms. The number of fused-ring (bicyclic) bond motifs is 1. The van der Waals surface area contributed by atoms with Crippen molar-refractivity contribution in [3.05, 3.63) is 68.5 Å². The summed E-state index contributed by atoms with van der Waals surface area (Å²) in [6, 6.07) is 13.3. The third kappa shape index (κ3) is 3.46. The Morgan fingerprint density at radius 1 is 1.22 bits per heavy atom. The van der Waals surface area contributed by atoms with Gasteiger partial charge in [-0.05, 0) is 46.6 Å². The Bertz CT molecular complexity index is 918. The number of halogens is 1. The normalized spacial score (nSPS) is 10.9. The standard InChI is InChI=1S/C18H15BrO3S/c1-11-6-7-14-13(8-11)16(9-17(20)22-14)23-10-12-4-3-5-15(21-2)18(12)19/h3-9H,10H2,1-2H3. The Hall–Kier alpha value is -1.72. The molecule has 5 heteroatoms. The minimum Gasteiger partial charge on any atom is -0.496 e. The smallest absolute Gasteiger partial charge is 0.337 e. The van der Waals surface area contributed by atoms with Crippen molar-refractivity contribution in [1.82, 2.24) is 0 Å². The van der Waals surface area contributed by atoms with Gasteiger partial charge < -0.3 is 9.15 Å². The number of methoxy groups -OCH3 is 1. The average molecular weight is 391 g/mol. The Balaban J connectivity index is 1.96. The second kappa shape index (κ2) is 6.81. The Morgan fingerprint density at radius 3 is 2.83 bits per heavy atom. The third-order valence-electron chi connectivity index (χ3n) is 3.51. The van der Waals surface area contributed by atoms with Gasteiger partial charge in [0.15, 0.2) is 0 Å². The highest BCUT2D eigenvalue weighted by molar-refractivity contribution is 9.10. The van der Waals surface area contributed by atoms with Crippen molar-refractivity contribution in [2.24, 2.45) is 0 Å². The molecular weight excluding hydrogens is 376 g/mol. The molecule has 118 valence electrons. The molecule has 2 aromatic carbocycles. The summed E-state index contributed by atoms with van der Waals surface area (Å²) in [7, 11) is 1.65. The van der Waals surface area contributed by atoms with Crippen molar-refractivity contribution < 1.29 is 9.15 Å². The van der Waals surface area contributed by atoms with Crippen molar-refractivity contribution in [3.8, 4) is 5.75 Å². The summed E-state index contributed by atoms with van der Waals surface area (Å²) in [6.45, 7) is 2.03. The summed E-state index contributed by atoms with van der Waals surface area (Å²) >= 11 is 5.19. The molecule has 3 aromatic rings. The highest BCUT2D eigenvalue weighted by Crippen LogP contribution is 2.34. The molecule has 0 atom stereocenters. The van der Waals surface area contributed by atoms with Gasteiger partial charge in [-0.3, -0.25) is 0 Å². The predicted octanol–water partition coefficient (Wildman–Crippen LogP) is 5.16. The fourth-order valence-corrected chi connectivity index (χ4v) is 4.15. The monoisotopic (exact) mass is 390 g/mol. The van der Waals surface area contributed by atoms with Gasteiger partial charge >= 0.3 is 5.63 Å². The van der Waals surface area contributed by atoms with Crippen molar-refractivity contribution in [1.29, 1.82) is 0 Å². The highest BCUT2D eigenvalue weighted by atomic mass is 79.9. The lowest BCUT2D eigenvalue weighted by molar-refractivity contribution is 0.411. The molecule has 1 heterocycles. The van der Waals surface area contributed by atoms with Gasteiger partial charge in [0, 0.05) is 22.1 Å². The number of benzene rings is 2. The predicted molar refractivity (Wildman–Crippen MR) is 97.5 cm³/mol. The first-order chi connectivity index (χ1) is 11.1. The average Bonchev–Trinajstić information content (AvgIpc) is 2.54. The number of rotatable bonds is 4. The fourth-order valence-electron chi connectivity index (χ4n) is 2.35. The molecule has 3 nitrogen and oxygen atoms in total. The minimum absolute atomic E-state index is 0.325. The summed E-state index contributed by atoms with van der Waals surface area (Å²) in [4.78, 5) is 12.7. The number of hydrogen-bond donors (Lipinski definition) is 0. The molecule has 0 saturated carbocycles. The highest BCUT2D eigenvalue weighted by Gasteiger charge is 2.10. The first kappa shape index (κ1) is 16.1. The van der Waals surface area contributed by atoms with Crippen LogP contribution in [0.25, 0.3) is 11.0 Å². The molecule has 0 aliphatic heterocycles. The minimum atomic E-state index is -0.325. The van der Waals surface area contributed by atoms with Crippen molar-refractivity contribution in [3.63, 3.8) is 0 Å². The number of thioether (sulfide) groups is 1. The molecular formula is C18H15BrO3S. The molecule has 0 amide bonds. The van der Waals surface area contributed by atoms with Gasteiger partial charge in [0.05, 0.1) is 11.6 Å². The zero-order valence-electron chi connectivity index (χ0n) is 12.8. The van der Waals surface area contributed by atoms with Crippen molar-refractivity contribution >= 4 is 38.7 Å². The van der Waals surface area contributed by atoms with Gasteiger partial charge in [-0.25, -0.2) is 4.79 Å². The van der Waals surface area contributed by atoms with Crippen LogP contribution in [0, 0.1) is 6.92 Å².